The molecule has 0 aliphatic carbocycles. The molecule has 0 aliphatic rings. The summed E-state index contributed by atoms with van der Waals surface area (Å²) in [5.41, 5.74) is 10.4. The molecule has 2 rings (SSSR count). The largest absolute Gasteiger partial charge is 0.397 e. The van der Waals surface area contributed by atoms with Gasteiger partial charge in [0.15, 0.2) is 0 Å². The van der Waals surface area contributed by atoms with Crippen molar-refractivity contribution in [1.29, 1.82) is 0 Å². The first-order valence-corrected chi connectivity index (χ1v) is 9.42. The van der Waals surface area contributed by atoms with E-state index in [1.807, 2.05) is 32.0 Å². The fourth-order valence-electron chi connectivity index (χ4n) is 2.75. The summed E-state index contributed by atoms with van der Waals surface area (Å²) in [6.45, 7) is 10.4. The molecule has 0 unspecified atom stereocenters. The second-order valence-electron chi connectivity index (χ2n) is 6.59. The highest BCUT2D eigenvalue weighted by molar-refractivity contribution is 5.69. The smallest absolute Gasteiger partial charge is 0.269 e. The Bertz CT molecular complexity index is 713. The molecule has 1 aromatic carbocycles. The Balaban J connectivity index is 2.17. The molecule has 6 heteroatoms. The molecule has 2 N–H and O–H groups in total. The van der Waals surface area contributed by atoms with E-state index in [0.29, 0.717) is 17.3 Å². The quantitative estimate of drug-likeness (QED) is 0.476. The van der Waals surface area contributed by atoms with Crippen molar-refractivity contribution in [3.63, 3.8) is 0 Å². The minimum absolute atomic E-state index is 0.360. The summed E-state index contributed by atoms with van der Waals surface area (Å²) in [4.78, 5) is 10.9. The number of nitrogen functional groups attached to an aromatic ring is 1. The van der Waals surface area contributed by atoms with Crippen molar-refractivity contribution in [2.45, 2.75) is 53.4 Å². The molecular formula is C20H30N6. The van der Waals surface area contributed by atoms with Crippen molar-refractivity contribution < 1.29 is 0 Å². The van der Waals surface area contributed by atoms with Crippen LogP contribution in [0.4, 0.5) is 23.0 Å². The first-order valence-electron chi connectivity index (χ1n) is 9.42. The lowest BCUT2D eigenvalue weighted by Crippen LogP contribution is -2.25. The molecule has 140 valence electrons. The topological polar surface area (TPSA) is 79.8 Å². The van der Waals surface area contributed by atoms with Crippen LogP contribution >= 0.6 is 0 Å². The lowest BCUT2D eigenvalue weighted by Gasteiger charge is -2.25. The minimum atomic E-state index is 0.360. The Kier molecular flexibility index (Phi) is 7.51. The molecule has 2 aromatic rings. The van der Waals surface area contributed by atoms with Gasteiger partial charge in [0.25, 0.3) is 5.95 Å². The lowest BCUT2D eigenvalue weighted by atomic mass is 10.2. The van der Waals surface area contributed by atoms with Gasteiger partial charge in [0.2, 0.25) is 0 Å². The standard InChI is InChI=1S/C20H30N6/c1-5-7-11-26(12-8-6-2)17-9-10-19(18(21)14-17)24-25-20-22-15(3)13-16(4)23-20/h9-10,13-14H,5-8,11-12,21H2,1-4H3. The molecule has 6 nitrogen and oxygen atoms in total. The minimum Gasteiger partial charge on any atom is -0.397 e. The van der Waals surface area contributed by atoms with Crippen LogP contribution in [0.5, 0.6) is 0 Å². The average Bonchev–Trinajstić information content (AvgIpc) is 2.60. The second kappa shape index (κ2) is 9.85. The Morgan fingerprint density at radius 3 is 2.08 bits per heavy atom. The van der Waals surface area contributed by atoms with E-state index in [2.05, 4.69) is 45.0 Å². The number of rotatable bonds is 9. The number of nitrogens with zero attached hydrogens (tertiary/aromatic N) is 5. The summed E-state index contributed by atoms with van der Waals surface area (Å²) < 4.78 is 0. The number of unbranched alkanes of at least 4 members (excludes halogenated alkanes) is 2. The van der Waals surface area contributed by atoms with E-state index in [0.717, 1.165) is 30.2 Å². The average molecular weight is 355 g/mol. The van der Waals surface area contributed by atoms with Crippen LogP contribution < -0.4 is 10.6 Å². The first-order chi connectivity index (χ1) is 12.5. The Labute approximate surface area is 156 Å². The second-order valence-corrected chi connectivity index (χ2v) is 6.59. The van der Waals surface area contributed by atoms with E-state index >= 15 is 0 Å². The van der Waals surface area contributed by atoms with Crippen molar-refractivity contribution in [1.82, 2.24) is 9.97 Å². The predicted octanol–water partition coefficient (Wildman–Crippen LogP) is 5.50. The van der Waals surface area contributed by atoms with Crippen LogP contribution in [-0.4, -0.2) is 23.1 Å². The zero-order valence-electron chi connectivity index (χ0n) is 16.4. The maximum atomic E-state index is 6.22. The molecular weight excluding hydrogens is 324 g/mol. The molecule has 26 heavy (non-hydrogen) atoms. The summed E-state index contributed by atoms with van der Waals surface area (Å²) in [6, 6.07) is 7.88. The molecule has 0 aliphatic heterocycles. The monoisotopic (exact) mass is 354 g/mol. The Hall–Kier alpha value is -2.50. The van der Waals surface area contributed by atoms with E-state index in [1.54, 1.807) is 0 Å². The molecule has 0 amide bonds. The fourth-order valence-corrected chi connectivity index (χ4v) is 2.75. The molecule has 0 atom stereocenters. The highest BCUT2D eigenvalue weighted by atomic mass is 15.2. The molecule has 0 fully saturated rings. The van der Waals surface area contributed by atoms with Crippen LogP contribution in [0.1, 0.15) is 50.9 Å². The fraction of sp³-hybridized carbons (Fsp3) is 0.500. The van der Waals surface area contributed by atoms with Crippen molar-refractivity contribution in [2.24, 2.45) is 10.2 Å². The number of nitrogens with two attached hydrogens (primary N) is 1. The molecule has 0 spiro atoms. The zero-order chi connectivity index (χ0) is 18.9. The van der Waals surface area contributed by atoms with Gasteiger partial charge in [-0.25, -0.2) is 9.97 Å². The van der Waals surface area contributed by atoms with Crippen LogP contribution in [0, 0.1) is 13.8 Å². The molecule has 0 radical (unpaired) electrons. The highest BCUT2D eigenvalue weighted by Gasteiger charge is 2.08. The van der Waals surface area contributed by atoms with E-state index in [4.69, 9.17) is 5.73 Å². The maximum absolute atomic E-state index is 6.22. The number of hydrogen-bond donors (Lipinski definition) is 1. The van der Waals surface area contributed by atoms with Crippen molar-refractivity contribution in [2.75, 3.05) is 23.7 Å². The van der Waals surface area contributed by atoms with Gasteiger partial charge in [-0.1, -0.05) is 26.7 Å². The summed E-state index contributed by atoms with van der Waals surface area (Å²) in [6.07, 6.45) is 4.71. The third-order valence-corrected chi connectivity index (χ3v) is 4.16. The zero-order valence-corrected chi connectivity index (χ0v) is 16.4. The van der Waals surface area contributed by atoms with Gasteiger partial charge in [-0.2, -0.15) is 0 Å². The molecule has 1 aromatic heterocycles. The number of aromatic nitrogens is 2. The van der Waals surface area contributed by atoms with Gasteiger partial charge in [0, 0.05) is 30.2 Å². The lowest BCUT2D eigenvalue weighted by molar-refractivity contribution is 0.678. The summed E-state index contributed by atoms with van der Waals surface area (Å²) >= 11 is 0. The Morgan fingerprint density at radius 1 is 0.923 bits per heavy atom. The number of aryl methyl sites for hydroxylation is 2. The van der Waals surface area contributed by atoms with Gasteiger partial charge in [0.1, 0.15) is 5.69 Å². The van der Waals surface area contributed by atoms with E-state index in [1.165, 1.54) is 25.7 Å². The summed E-state index contributed by atoms with van der Waals surface area (Å²) in [5.74, 6) is 0.360. The van der Waals surface area contributed by atoms with Crippen molar-refractivity contribution >= 4 is 23.0 Å². The maximum Gasteiger partial charge on any atom is 0.269 e. The highest BCUT2D eigenvalue weighted by Crippen LogP contribution is 2.29. The van der Waals surface area contributed by atoms with E-state index < -0.39 is 0 Å². The number of anilines is 2. The van der Waals surface area contributed by atoms with Crippen LogP contribution in [0.2, 0.25) is 0 Å². The number of benzene rings is 1. The molecule has 0 bridgehead atoms. The van der Waals surface area contributed by atoms with E-state index in [-0.39, 0.29) is 0 Å². The van der Waals surface area contributed by atoms with Gasteiger partial charge < -0.3 is 10.6 Å². The van der Waals surface area contributed by atoms with Gasteiger partial charge in [0.05, 0.1) is 5.69 Å². The van der Waals surface area contributed by atoms with Crippen LogP contribution in [0.3, 0.4) is 0 Å². The van der Waals surface area contributed by atoms with E-state index in [9.17, 15) is 0 Å². The first kappa shape index (κ1) is 19.8. The van der Waals surface area contributed by atoms with Crippen LogP contribution in [0.15, 0.2) is 34.5 Å². The van der Waals surface area contributed by atoms with Gasteiger partial charge in [-0.3, -0.25) is 0 Å². The van der Waals surface area contributed by atoms with Crippen LogP contribution in [0.25, 0.3) is 0 Å². The molecule has 1 heterocycles. The van der Waals surface area contributed by atoms with Gasteiger partial charge >= 0.3 is 0 Å². The van der Waals surface area contributed by atoms with Gasteiger partial charge in [-0.15, -0.1) is 10.2 Å². The Morgan fingerprint density at radius 2 is 1.54 bits per heavy atom. The number of azo groups is 1. The molecule has 0 saturated carbocycles. The normalized spacial score (nSPS) is 11.2. The van der Waals surface area contributed by atoms with Gasteiger partial charge in [-0.05, 0) is 51.0 Å². The predicted molar refractivity (Wildman–Crippen MR) is 109 cm³/mol. The molecule has 0 saturated heterocycles. The third kappa shape index (κ3) is 5.79. The van der Waals surface area contributed by atoms with Crippen molar-refractivity contribution in [3.05, 3.63) is 35.7 Å². The third-order valence-electron chi connectivity index (χ3n) is 4.16. The summed E-state index contributed by atoms with van der Waals surface area (Å²) in [5, 5.41) is 8.38. The van der Waals surface area contributed by atoms with Crippen molar-refractivity contribution in [3.8, 4) is 0 Å². The van der Waals surface area contributed by atoms with Crippen LogP contribution in [-0.2, 0) is 0 Å². The number of hydrogen-bond acceptors (Lipinski definition) is 6. The summed E-state index contributed by atoms with van der Waals surface area (Å²) in [7, 11) is 0. The SMILES string of the molecule is CCCCN(CCCC)c1ccc(N=Nc2nc(C)cc(C)n2)c(N)c1.